The first-order chi connectivity index (χ1) is 14.8. The van der Waals surface area contributed by atoms with Crippen LogP contribution in [0.2, 0.25) is 10.0 Å². The molecule has 156 valence electrons. The Morgan fingerprint density at radius 1 is 1.19 bits per heavy atom. The van der Waals surface area contributed by atoms with Crippen molar-refractivity contribution in [2.75, 3.05) is 0 Å². The van der Waals surface area contributed by atoms with E-state index in [0.29, 0.717) is 31.2 Å². The molecule has 0 saturated carbocycles. The lowest BCUT2D eigenvalue weighted by atomic mass is 10.2. The fraction of sp³-hybridized carbons (Fsp3) is 0.143. The monoisotopic (exact) mass is 474 g/mol. The second kappa shape index (κ2) is 8.27. The minimum atomic E-state index is -0.602. The molecule has 0 aliphatic rings. The molecule has 31 heavy (non-hydrogen) atoms. The molecule has 0 aliphatic carbocycles. The van der Waals surface area contributed by atoms with Crippen molar-refractivity contribution in [3.63, 3.8) is 0 Å². The average molecular weight is 475 g/mol. The Morgan fingerprint density at radius 3 is 2.68 bits per heavy atom. The molecule has 3 heterocycles. The highest BCUT2D eigenvalue weighted by atomic mass is 35.5. The molecule has 4 rings (SSSR count). The third-order valence-corrected chi connectivity index (χ3v) is 6.67. The van der Waals surface area contributed by atoms with Crippen molar-refractivity contribution in [2.45, 2.75) is 19.9 Å². The van der Waals surface area contributed by atoms with Crippen molar-refractivity contribution in [1.82, 2.24) is 14.1 Å². The lowest BCUT2D eigenvalue weighted by molar-refractivity contribution is 0.628. The number of rotatable bonds is 4. The predicted molar refractivity (Wildman–Crippen MR) is 120 cm³/mol. The van der Waals surface area contributed by atoms with Crippen LogP contribution in [0.3, 0.4) is 0 Å². The fourth-order valence-corrected chi connectivity index (χ4v) is 4.88. The van der Waals surface area contributed by atoms with Crippen LogP contribution in [-0.2, 0) is 6.54 Å². The van der Waals surface area contributed by atoms with E-state index in [-0.39, 0.29) is 23.7 Å². The van der Waals surface area contributed by atoms with E-state index in [0.717, 1.165) is 15.9 Å². The summed E-state index contributed by atoms with van der Waals surface area (Å²) < 4.78 is 16.2. The maximum Gasteiger partial charge on any atom is 0.336 e. The summed E-state index contributed by atoms with van der Waals surface area (Å²) in [7, 11) is 0. The number of nitriles is 1. The van der Waals surface area contributed by atoms with Gasteiger partial charge in [-0.25, -0.2) is 13.8 Å². The molecule has 0 N–H and O–H groups in total. The molecule has 0 saturated heterocycles. The first-order valence-corrected chi connectivity index (χ1v) is 10.6. The van der Waals surface area contributed by atoms with E-state index in [4.69, 9.17) is 28.5 Å². The number of aryl methyl sites for hydroxylation is 1. The van der Waals surface area contributed by atoms with Gasteiger partial charge in [-0.05, 0) is 36.8 Å². The van der Waals surface area contributed by atoms with E-state index < -0.39 is 17.1 Å². The van der Waals surface area contributed by atoms with Gasteiger partial charge in [0.2, 0.25) is 0 Å². The molecule has 0 aliphatic heterocycles. The van der Waals surface area contributed by atoms with E-state index in [2.05, 4.69) is 4.98 Å². The lowest BCUT2D eigenvalue weighted by Gasteiger charge is -2.13. The number of halogens is 3. The molecule has 10 heteroatoms. The Hall–Kier alpha value is -2.99. The van der Waals surface area contributed by atoms with E-state index >= 15 is 0 Å². The molecule has 0 fully saturated rings. The van der Waals surface area contributed by atoms with Gasteiger partial charge in [0.1, 0.15) is 10.5 Å². The van der Waals surface area contributed by atoms with Crippen LogP contribution in [0.25, 0.3) is 26.3 Å². The molecular formula is C21H13Cl2FN4O2S. The number of fused-ring (bicyclic) bond motifs is 1. The van der Waals surface area contributed by atoms with Gasteiger partial charge < -0.3 is 0 Å². The van der Waals surface area contributed by atoms with Gasteiger partial charge >= 0.3 is 5.69 Å². The number of aromatic nitrogens is 3. The molecule has 1 aromatic carbocycles. The van der Waals surface area contributed by atoms with Crippen LogP contribution in [0.1, 0.15) is 12.0 Å². The van der Waals surface area contributed by atoms with Crippen molar-refractivity contribution in [2.24, 2.45) is 0 Å². The predicted octanol–water partition coefficient (Wildman–Crippen LogP) is 4.94. The average Bonchev–Trinajstić information content (AvgIpc) is 3.16. The number of pyridine rings is 1. The Balaban J connectivity index is 2.08. The maximum absolute atomic E-state index is 13.5. The molecule has 4 aromatic rings. The Bertz CT molecular complexity index is 1500. The van der Waals surface area contributed by atoms with Crippen molar-refractivity contribution >= 4 is 44.8 Å². The van der Waals surface area contributed by atoms with Gasteiger partial charge in [-0.1, -0.05) is 23.2 Å². The topological polar surface area (TPSA) is 80.7 Å². The molecule has 3 aromatic heterocycles. The zero-order valence-electron chi connectivity index (χ0n) is 16.0. The second-order valence-corrected chi connectivity index (χ2v) is 8.56. The molecule has 0 radical (unpaired) electrons. The summed E-state index contributed by atoms with van der Waals surface area (Å²) in [6.07, 6.45) is 2.90. The van der Waals surface area contributed by atoms with E-state index in [1.54, 1.807) is 13.0 Å². The minimum Gasteiger partial charge on any atom is -0.291 e. The van der Waals surface area contributed by atoms with Gasteiger partial charge in [0.25, 0.3) is 5.56 Å². The third-order valence-electron chi connectivity index (χ3n) is 4.83. The molecule has 0 atom stereocenters. The molecule has 0 bridgehead atoms. The number of hydrogen-bond donors (Lipinski definition) is 0. The largest absolute Gasteiger partial charge is 0.336 e. The van der Waals surface area contributed by atoms with Crippen LogP contribution in [-0.4, -0.2) is 14.1 Å². The van der Waals surface area contributed by atoms with Crippen LogP contribution in [0.15, 0.2) is 46.2 Å². The number of hydrogen-bond acceptors (Lipinski definition) is 5. The zero-order chi connectivity index (χ0) is 22.3. The summed E-state index contributed by atoms with van der Waals surface area (Å²) in [5, 5.41) is 9.55. The Labute approximate surface area is 189 Å². The molecule has 0 spiro atoms. The summed E-state index contributed by atoms with van der Waals surface area (Å²) in [4.78, 5) is 31.3. The SMILES string of the molecule is Cc1c(Cl)cncc1-n1c(=O)c2sc(-c3ccc(F)cc3Cl)cc2n(CCC#N)c1=O. The quantitative estimate of drug-likeness (QED) is 0.419. The van der Waals surface area contributed by atoms with E-state index in [1.807, 2.05) is 6.07 Å². The van der Waals surface area contributed by atoms with Crippen LogP contribution in [0, 0.1) is 24.1 Å². The number of nitrogens with zero attached hydrogens (tertiary/aromatic N) is 4. The molecular weight excluding hydrogens is 462 g/mol. The molecule has 0 unspecified atom stereocenters. The van der Waals surface area contributed by atoms with Gasteiger partial charge in [0.05, 0.1) is 39.9 Å². The number of benzene rings is 1. The van der Waals surface area contributed by atoms with E-state index in [1.165, 1.54) is 35.2 Å². The van der Waals surface area contributed by atoms with Gasteiger partial charge in [-0.15, -0.1) is 11.3 Å². The molecule has 0 amide bonds. The summed E-state index contributed by atoms with van der Waals surface area (Å²) in [6.45, 7) is 1.78. The van der Waals surface area contributed by atoms with Crippen molar-refractivity contribution < 1.29 is 4.39 Å². The molecule has 6 nitrogen and oxygen atoms in total. The first kappa shape index (κ1) is 21.2. The van der Waals surface area contributed by atoms with Crippen LogP contribution >= 0.6 is 34.5 Å². The summed E-state index contributed by atoms with van der Waals surface area (Å²) in [6, 6.07) is 7.65. The van der Waals surface area contributed by atoms with Crippen molar-refractivity contribution in [3.8, 4) is 22.2 Å². The summed E-state index contributed by atoms with van der Waals surface area (Å²) in [5.74, 6) is -0.480. The standard InChI is InChI=1S/C21H13Cl2FN4O2S/c1-11-15(23)9-26-10-17(11)28-20(29)19-16(27(21(28)30)6-2-5-25)8-18(31-19)13-4-3-12(24)7-14(13)22/h3-4,7-10H,2,6H2,1H3. The second-order valence-electron chi connectivity index (χ2n) is 6.70. The minimum absolute atomic E-state index is 0.0719. The zero-order valence-corrected chi connectivity index (χ0v) is 18.4. The summed E-state index contributed by atoms with van der Waals surface area (Å²) >= 11 is 13.5. The van der Waals surface area contributed by atoms with Crippen LogP contribution in [0.5, 0.6) is 0 Å². The fourth-order valence-electron chi connectivity index (χ4n) is 3.27. The number of thiophene rings is 1. The highest BCUT2D eigenvalue weighted by molar-refractivity contribution is 7.22. The Morgan fingerprint density at radius 2 is 1.97 bits per heavy atom. The van der Waals surface area contributed by atoms with Gasteiger partial charge in [-0.3, -0.25) is 14.3 Å². The Kier molecular flexibility index (Phi) is 5.67. The van der Waals surface area contributed by atoms with Gasteiger partial charge in [0, 0.05) is 23.2 Å². The van der Waals surface area contributed by atoms with Crippen molar-refractivity contribution in [3.05, 3.63) is 78.9 Å². The lowest BCUT2D eigenvalue weighted by Crippen LogP contribution is -2.39. The van der Waals surface area contributed by atoms with Crippen LogP contribution in [0.4, 0.5) is 4.39 Å². The van der Waals surface area contributed by atoms with Gasteiger partial charge in [0.15, 0.2) is 0 Å². The van der Waals surface area contributed by atoms with Gasteiger partial charge in [-0.2, -0.15) is 5.26 Å². The maximum atomic E-state index is 13.5. The highest BCUT2D eigenvalue weighted by Crippen LogP contribution is 2.36. The smallest absolute Gasteiger partial charge is 0.291 e. The van der Waals surface area contributed by atoms with Crippen molar-refractivity contribution in [1.29, 1.82) is 5.26 Å². The highest BCUT2D eigenvalue weighted by Gasteiger charge is 2.20. The third kappa shape index (κ3) is 3.65. The summed E-state index contributed by atoms with van der Waals surface area (Å²) in [5.41, 5.74) is 0.583. The van der Waals surface area contributed by atoms with Crippen LogP contribution < -0.4 is 11.2 Å². The van der Waals surface area contributed by atoms with E-state index in [9.17, 15) is 14.0 Å². The normalized spacial score (nSPS) is 11.1. The first-order valence-electron chi connectivity index (χ1n) is 9.05.